The molecular weight excluding hydrogens is 448 g/mol. The average molecular weight is 462 g/mol. The smallest absolute Gasteiger partial charge is 0.363 e. The molecule has 166 valence electrons. The standard InChI is InChI=1S/C17H14F8N2O2S/c1-7-9(16(20,21)22)3-2-8-14(6-26-15(7)8)30(28,29)27-13-5-11(18)10(4-12(13)19)17(23,24)25/h4-7,9,26-27H,2-3H2,1H3/t7-,9?/m1/s1. The fraction of sp³-hybridized carbons (Fsp3) is 0.412. The minimum atomic E-state index is -5.19. The van der Waals surface area contributed by atoms with Crippen LogP contribution in [-0.2, 0) is 22.6 Å². The van der Waals surface area contributed by atoms with E-state index in [9.17, 15) is 43.5 Å². The second-order valence-electron chi connectivity index (χ2n) is 6.94. The van der Waals surface area contributed by atoms with Gasteiger partial charge in [-0.2, -0.15) is 26.3 Å². The monoisotopic (exact) mass is 462 g/mol. The molecule has 13 heteroatoms. The van der Waals surface area contributed by atoms with E-state index in [1.54, 1.807) is 4.72 Å². The Hall–Kier alpha value is -2.31. The Morgan fingerprint density at radius 2 is 1.70 bits per heavy atom. The van der Waals surface area contributed by atoms with Crippen LogP contribution in [0.3, 0.4) is 0 Å². The van der Waals surface area contributed by atoms with Crippen molar-refractivity contribution in [3.63, 3.8) is 0 Å². The molecule has 0 saturated carbocycles. The van der Waals surface area contributed by atoms with E-state index < -0.39 is 62.0 Å². The van der Waals surface area contributed by atoms with Crippen LogP contribution < -0.4 is 4.72 Å². The molecule has 1 aromatic heterocycles. The van der Waals surface area contributed by atoms with Gasteiger partial charge >= 0.3 is 12.4 Å². The molecule has 4 nitrogen and oxygen atoms in total. The molecule has 1 aromatic carbocycles. The van der Waals surface area contributed by atoms with Crippen molar-refractivity contribution >= 4 is 15.7 Å². The van der Waals surface area contributed by atoms with Gasteiger partial charge in [-0.25, -0.2) is 17.2 Å². The highest BCUT2D eigenvalue weighted by Crippen LogP contribution is 2.46. The van der Waals surface area contributed by atoms with Crippen molar-refractivity contribution in [1.29, 1.82) is 0 Å². The Bertz CT molecular complexity index is 1070. The Morgan fingerprint density at radius 3 is 2.27 bits per heavy atom. The number of rotatable bonds is 3. The summed E-state index contributed by atoms with van der Waals surface area (Å²) in [6, 6.07) is -0.132. The SMILES string of the molecule is C[C@H]1c2[nH]cc(S(=O)(=O)Nc3cc(F)c(C(F)(F)F)cc3F)c2CCC1C(F)(F)F. The van der Waals surface area contributed by atoms with E-state index in [-0.39, 0.29) is 36.2 Å². The zero-order chi connectivity index (χ0) is 22.6. The maximum absolute atomic E-state index is 14.0. The van der Waals surface area contributed by atoms with Gasteiger partial charge in [0, 0.05) is 23.9 Å². The Balaban J connectivity index is 1.95. The van der Waals surface area contributed by atoms with Gasteiger partial charge in [0.15, 0.2) is 0 Å². The molecule has 0 aliphatic heterocycles. The number of aromatic amines is 1. The van der Waals surface area contributed by atoms with Gasteiger partial charge in [0.25, 0.3) is 10.0 Å². The summed E-state index contributed by atoms with van der Waals surface area (Å²) in [6.07, 6.45) is -9.37. The van der Waals surface area contributed by atoms with E-state index >= 15 is 0 Å². The zero-order valence-electron chi connectivity index (χ0n) is 15.0. The van der Waals surface area contributed by atoms with Crippen molar-refractivity contribution in [2.24, 2.45) is 5.92 Å². The maximum atomic E-state index is 14.0. The van der Waals surface area contributed by atoms with Crippen molar-refractivity contribution in [3.05, 3.63) is 46.8 Å². The summed E-state index contributed by atoms with van der Waals surface area (Å²) in [5, 5.41) is 0. The molecule has 1 heterocycles. The highest BCUT2D eigenvalue weighted by atomic mass is 32.2. The highest BCUT2D eigenvalue weighted by Gasteiger charge is 2.47. The van der Waals surface area contributed by atoms with Gasteiger partial charge < -0.3 is 4.98 Å². The van der Waals surface area contributed by atoms with E-state index in [0.717, 1.165) is 6.20 Å². The molecule has 2 aromatic rings. The zero-order valence-corrected chi connectivity index (χ0v) is 15.9. The number of alkyl halides is 6. The maximum Gasteiger partial charge on any atom is 0.419 e. The van der Waals surface area contributed by atoms with Gasteiger partial charge in [-0.1, -0.05) is 6.92 Å². The van der Waals surface area contributed by atoms with E-state index in [1.165, 1.54) is 6.92 Å². The quantitative estimate of drug-likeness (QED) is 0.605. The molecular formula is C17H14F8N2O2S. The number of benzene rings is 1. The second kappa shape index (κ2) is 7.13. The molecule has 0 spiro atoms. The molecule has 30 heavy (non-hydrogen) atoms. The topological polar surface area (TPSA) is 62.0 Å². The third-order valence-corrected chi connectivity index (χ3v) is 6.49. The largest absolute Gasteiger partial charge is 0.419 e. The first kappa shape index (κ1) is 22.4. The number of aromatic nitrogens is 1. The number of anilines is 1. The third-order valence-electron chi connectivity index (χ3n) is 5.06. The van der Waals surface area contributed by atoms with Crippen molar-refractivity contribution in [1.82, 2.24) is 4.98 Å². The van der Waals surface area contributed by atoms with Crippen molar-refractivity contribution in [2.75, 3.05) is 4.72 Å². The molecule has 2 atom stereocenters. The predicted octanol–water partition coefficient (Wildman–Crippen LogP) is 5.34. The van der Waals surface area contributed by atoms with Crippen LogP contribution in [0.5, 0.6) is 0 Å². The van der Waals surface area contributed by atoms with Crippen LogP contribution in [0.2, 0.25) is 0 Å². The van der Waals surface area contributed by atoms with Crippen LogP contribution in [0.25, 0.3) is 0 Å². The lowest BCUT2D eigenvalue weighted by Gasteiger charge is -2.31. The van der Waals surface area contributed by atoms with Crippen LogP contribution >= 0.6 is 0 Å². The molecule has 1 aliphatic rings. The molecule has 1 aliphatic carbocycles. The van der Waals surface area contributed by atoms with Gasteiger partial charge in [0.1, 0.15) is 16.5 Å². The van der Waals surface area contributed by atoms with E-state index in [4.69, 9.17) is 0 Å². The summed E-state index contributed by atoms with van der Waals surface area (Å²) in [7, 11) is -4.63. The summed E-state index contributed by atoms with van der Waals surface area (Å²) >= 11 is 0. The first-order chi connectivity index (χ1) is 13.6. The molecule has 0 saturated heterocycles. The molecule has 0 amide bonds. The third kappa shape index (κ3) is 3.98. The van der Waals surface area contributed by atoms with E-state index in [2.05, 4.69) is 4.98 Å². The molecule has 1 unspecified atom stereocenters. The number of H-pyrrole nitrogens is 1. The van der Waals surface area contributed by atoms with Crippen LogP contribution in [0.4, 0.5) is 40.8 Å². The van der Waals surface area contributed by atoms with Crippen LogP contribution in [0, 0.1) is 17.6 Å². The van der Waals surface area contributed by atoms with Gasteiger partial charge in [-0.15, -0.1) is 0 Å². The lowest BCUT2D eigenvalue weighted by Crippen LogP contribution is -2.32. The van der Waals surface area contributed by atoms with Gasteiger partial charge in [-0.05, 0) is 24.5 Å². The van der Waals surface area contributed by atoms with Crippen LogP contribution in [0.1, 0.15) is 36.1 Å². The number of sulfonamides is 1. The van der Waals surface area contributed by atoms with Crippen molar-refractivity contribution < 1.29 is 43.5 Å². The first-order valence-corrected chi connectivity index (χ1v) is 9.97. The summed E-state index contributed by atoms with van der Waals surface area (Å²) in [5.41, 5.74) is -2.87. The number of fused-ring (bicyclic) bond motifs is 1. The molecule has 3 rings (SSSR count). The van der Waals surface area contributed by atoms with Gasteiger partial charge in [-0.3, -0.25) is 4.72 Å². The van der Waals surface area contributed by atoms with Crippen molar-refractivity contribution in [2.45, 2.75) is 42.9 Å². The van der Waals surface area contributed by atoms with Crippen molar-refractivity contribution in [3.8, 4) is 0 Å². The fourth-order valence-electron chi connectivity index (χ4n) is 3.59. The minimum Gasteiger partial charge on any atom is -0.363 e. The summed E-state index contributed by atoms with van der Waals surface area (Å²) in [6.45, 7) is 1.28. The number of hydrogen-bond donors (Lipinski definition) is 2. The van der Waals surface area contributed by atoms with Crippen LogP contribution in [-0.4, -0.2) is 19.6 Å². The van der Waals surface area contributed by atoms with E-state index in [0.29, 0.717) is 0 Å². The predicted molar refractivity (Wildman–Crippen MR) is 89.2 cm³/mol. The molecule has 2 N–H and O–H groups in total. The molecule has 0 radical (unpaired) electrons. The second-order valence-corrected chi connectivity index (χ2v) is 8.59. The minimum absolute atomic E-state index is 0.0445. The lowest BCUT2D eigenvalue weighted by molar-refractivity contribution is -0.183. The Kier molecular flexibility index (Phi) is 5.32. The average Bonchev–Trinajstić information content (AvgIpc) is 3.01. The number of nitrogens with one attached hydrogen (secondary N) is 2. The lowest BCUT2D eigenvalue weighted by atomic mass is 9.79. The van der Waals surface area contributed by atoms with E-state index in [1.807, 2.05) is 0 Å². The normalized spacial score (nSPS) is 20.2. The Labute approximate surface area is 165 Å². The molecule has 0 fully saturated rings. The summed E-state index contributed by atoms with van der Waals surface area (Å²) in [4.78, 5) is 2.01. The number of halogens is 8. The first-order valence-electron chi connectivity index (χ1n) is 8.49. The molecule has 0 bridgehead atoms. The van der Waals surface area contributed by atoms with Gasteiger partial charge in [0.2, 0.25) is 0 Å². The fourth-order valence-corrected chi connectivity index (χ4v) is 4.90. The number of hydrogen-bond acceptors (Lipinski definition) is 2. The van der Waals surface area contributed by atoms with Crippen LogP contribution in [0.15, 0.2) is 23.2 Å². The highest BCUT2D eigenvalue weighted by molar-refractivity contribution is 7.92. The summed E-state index contributed by atoms with van der Waals surface area (Å²) < 4.78 is 132. The van der Waals surface area contributed by atoms with Gasteiger partial charge in [0.05, 0.1) is 17.2 Å². The Morgan fingerprint density at radius 1 is 1.07 bits per heavy atom. The summed E-state index contributed by atoms with van der Waals surface area (Å²) in [5.74, 6) is -6.31.